The number of amides is 1. The molecule has 5 rings (SSSR count). The monoisotopic (exact) mass is 442 g/mol. The molecule has 3 aromatic heterocycles. The number of anilines is 1. The van der Waals surface area contributed by atoms with Crippen LogP contribution in [0.4, 0.5) is 19.0 Å². The van der Waals surface area contributed by atoms with Crippen LogP contribution >= 0.6 is 0 Å². The minimum atomic E-state index is -4.57. The quantitative estimate of drug-likeness (QED) is 0.511. The van der Waals surface area contributed by atoms with Gasteiger partial charge in [-0.3, -0.25) is 9.20 Å². The number of pyridine rings is 1. The number of hydrogen-bond donors (Lipinski definition) is 1. The highest BCUT2D eigenvalue weighted by Crippen LogP contribution is 2.38. The molecule has 1 atom stereocenters. The SMILES string of the molecule is Cc1ncc2c(N)nc3ccc(C(=O)N(C)[C@@H]4COc5nc(C(F)(F)F)ccc54)cc3n12. The van der Waals surface area contributed by atoms with Gasteiger partial charge in [0.1, 0.15) is 29.5 Å². The molecule has 2 N–H and O–H groups in total. The van der Waals surface area contributed by atoms with Crippen LogP contribution in [0.2, 0.25) is 0 Å². The van der Waals surface area contributed by atoms with Gasteiger partial charge in [-0.15, -0.1) is 0 Å². The van der Waals surface area contributed by atoms with Crippen molar-refractivity contribution >= 4 is 28.3 Å². The van der Waals surface area contributed by atoms with E-state index in [2.05, 4.69) is 15.0 Å². The number of benzene rings is 1. The van der Waals surface area contributed by atoms with Crippen LogP contribution in [0.5, 0.6) is 5.88 Å². The Morgan fingerprint density at radius 3 is 2.75 bits per heavy atom. The number of aryl methyl sites for hydroxylation is 1. The lowest BCUT2D eigenvalue weighted by atomic mass is 10.1. The molecule has 164 valence electrons. The van der Waals surface area contributed by atoms with Crippen LogP contribution in [-0.4, -0.2) is 43.8 Å². The van der Waals surface area contributed by atoms with Gasteiger partial charge in [0, 0.05) is 18.2 Å². The molecule has 1 aliphatic rings. The highest BCUT2D eigenvalue weighted by atomic mass is 19.4. The summed E-state index contributed by atoms with van der Waals surface area (Å²) in [4.78, 5) is 26.9. The predicted molar refractivity (Wildman–Crippen MR) is 109 cm³/mol. The third-order valence-corrected chi connectivity index (χ3v) is 5.61. The molecule has 11 heteroatoms. The van der Waals surface area contributed by atoms with E-state index in [1.807, 2.05) is 11.3 Å². The highest BCUT2D eigenvalue weighted by molar-refractivity contribution is 5.98. The third-order valence-electron chi connectivity index (χ3n) is 5.61. The summed E-state index contributed by atoms with van der Waals surface area (Å²) in [7, 11) is 1.58. The molecule has 0 unspecified atom stereocenters. The Balaban J connectivity index is 1.51. The first-order chi connectivity index (χ1) is 15.1. The van der Waals surface area contributed by atoms with Gasteiger partial charge < -0.3 is 15.4 Å². The molecule has 0 radical (unpaired) electrons. The van der Waals surface area contributed by atoms with Gasteiger partial charge in [-0.25, -0.2) is 15.0 Å². The van der Waals surface area contributed by atoms with Crippen molar-refractivity contribution < 1.29 is 22.7 Å². The van der Waals surface area contributed by atoms with E-state index < -0.39 is 17.9 Å². The molecule has 0 saturated carbocycles. The zero-order valence-electron chi connectivity index (χ0n) is 17.0. The maximum atomic E-state index is 13.2. The maximum absolute atomic E-state index is 13.2. The lowest BCUT2D eigenvalue weighted by Crippen LogP contribution is -2.32. The summed E-state index contributed by atoms with van der Waals surface area (Å²) in [6, 6.07) is 6.66. The largest absolute Gasteiger partial charge is 0.475 e. The van der Waals surface area contributed by atoms with Crippen molar-refractivity contribution in [3.63, 3.8) is 0 Å². The van der Waals surface area contributed by atoms with Gasteiger partial charge >= 0.3 is 6.18 Å². The van der Waals surface area contributed by atoms with E-state index in [-0.39, 0.29) is 18.4 Å². The van der Waals surface area contributed by atoms with Crippen molar-refractivity contribution in [3.05, 3.63) is 59.2 Å². The Bertz CT molecular complexity index is 1400. The predicted octanol–water partition coefficient (Wildman–Crippen LogP) is 3.39. The van der Waals surface area contributed by atoms with Crippen LogP contribution < -0.4 is 10.5 Å². The van der Waals surface area contributed by atoms with Gasteiger partial charge in [-0.2, -0.15) is 13.2 Å². The van der Waals surface area contributed by atoms with Gasteiger partial charge in [0.05, 0.1) is 23.3 Å². The van der Waals surface area contributed by atoms with Crippen LogP contribution in [-0.2, 0) is 6.18 Å². The standard InChI is InChI=1S/C21H17F3N6O2/c1-10-26-8-15-18(25)27-13-5-3-11(7-14(13)30(10)15)20(31)29(2)16-9-32-19-12(16)4-6-17(28-19)21(22,23)24/h3-8,16H,9H2,1-2H3,(H2,25,27)/t16-/m1/s1. The summed E-state index contributed by atoms with van der Waals surface area (Å²) in [5.41, 5.74) is 7.70. The molecule has 0 fully saturated rings. The van der Waals surface area contributed by atoms with E-state index >= 15 is 0 Å². The first-order valence-electron chi connectivity index (χ1n) is 9.66. The summed E-state index contributed by atoms with van der Waals surface area (Å²) in [6.07, 6.45) is -2.95. The molecule has 0 bridgehead atoms. The van der Waals surface area contributed by atoms with E-state index in [1.165, 1.54) is 11.0 Å². The fourth-order valence-corrected chi connectivity index (χ4v) is 3.94. The van der Waals surface area contributed by atoms with Crippen LogP contribution in [0, 0.1) is 6.92 Å². The molecular formula is C21H17F3N6O2. The average Bonchev–Trinajstić information content (AvgIpc) is 3.36. The van der Waals surface area contributed by atoms with E-state index in [0.29, 0.717) is 39.3 Å². The Morgan fingerprint density at radius 2 is 2.00 bits per heavy atom. The number of carbonyl (C=O) groups excluding carboxylic acids is 1. The van der Waals surface area contributed by atoms with Crippen molar-refractivity contribution in [3.8, 4) is 5.88 Å². The van der Waals surface area contributed by atoms with Crippen molar-refractivity contribution in [1.29, 1.82) is 0 Å². The zero-order valence-corrected chi connectivity index (χ0v) is 17.0. The number of nitrogen functional groups attached to an aromatic ring is 1. The minimum absolute atomic E-state index is 0.0163. The number of carbonyl (C=O) groups is 1. The number of likely N-dealkylation sites (N-methyl/N-ethyl adjacent to an activating group) is 1. The van der Waals surface area contributed by atoms with Gasteiger partial charge in [-0.1, -0.05) is 0 Å². The molecule has 4 heterocycles. The van der Waals surface area contributed by atoms with Crippen LogP contribution in [0.1, 0.15) is 33.5 Å². The normalized spacial score (nSPS) is 15.7. The van der Waals surface area contributed by atoms with Crippen molar-refractivity contribution in [1.82, 2.24) is 24.3 Å². The second-order valence-electron chi connectivity index (χ2n) is 7.56. The van der Waals surface area contributed by atoms with Crippen LogP contribution in [0.25, 0.3) is 16.6 Å². The maximum Gasteiger partial charge on any atom is 0.433 e. The molecule has 1 aliphatic heterocycles. The number of imidazole rings is 1. The first-order valence-corrected chi connectivity index (χ1v) is 9.66. The summed E-state index contributed by atoms with van der Waals surface area (Å²) in [6.45, 7) is 1.84. The number of fused-ring (bicyclic) bond motifs is 4. The molecule has 0 aliphatic carbocycles. The lowest BCUT2D eigenvalue weighted by molar-refractivity contribution is -0.141. The molecule has 1 amide bonds. The number of nitrogens with zero attached hydrogens (tertiary/aromatic N) is 5. The number of aromatic nitrogens is 4. The van der Waals surface area contributed by atoms with E-state index in [4.69, 9.17) is 10.5 Å². The van der Waals surface area contributed by atoms with Crippen LogP contribution in [0.3, 0.4) is 0 Å². The second kappa shape index (κ2) is 6.81. The lowest BCUT2D eigenvalue weighted by Gasteiger charge is -2.24. The molecule has 8 nitrogen and oxygen atoms in total. The van der Waals surface area contributed by atoms with E-state index in [1.54, 1.807) is 31.4 Å². The number of nitrogens with two attached hydrogens (primary N) is 1. The number of hydrogen-bond acceptors (Lipinski definition) is 6. The Kier molecular flexibility index (Phi) is 4.26. The van der Waals surface area contributed by atoms with Gasteiger partial charge in [0.15, 0.2) is 0 Å². The van der Waals surface area contributed by atoms with Crippen molar-refractivity contribution in [2.45, 2.75) is 19.1 Å². The summed E-state index contributed by atoms with van der Waals surface area (Å²) < 4.78 is 46.0. The first kappa shape index (κ1) is 20.0. The number of alkyl halides is 3. The van der Waals surface area contributed by atoms with Crippen LogP contribution in [0.15, 0.2) is 36.5 Å². The second-order valence-corrected chi connectivity index (χ2v) is 7.56. The zero-order chi connectivity index (χ0) is 22.8. The molecule has 4 aromatic rings. The molecule has 0 spiro atoms. The summed E-state index contributed by atoms with van der Waals surface area (Å²) in [5, 5.41) is 0. The smallest absolute Gasteiger partial charge is 0.433 e. The van der Waals surface area contributed by atoms with Gasteiger partial charge in [0.2, 0.25) is 5.88 Å². The minimum Gasteiger partial charge on any atom is -0.475 e. The van der Waals surface area contributed by atoms with Gasteiger partial charge in [-0.05, 0) is 37.3 Å². The molecular weight excluding hydrogens is 425 g/mol. The van der Waals surface area contributed by atoms with E-state index in [9.17, 15) is 18.0 Å². The van der Waals surface area contributed by atoms with E-state index in [0.717, 1.165) is 6.07 Å². The number of ether oxygens (including phenoxy) is 1. The Hall–Kier alpha value is -3.89. The summed E-state index contributed by atoms with van der Waals surface area (Å²) in [5.74, 6) is 0.593. The number of rotatable bonds is 2. The molecule has 32 heavy (non-hydrogen) atoms. The third kappa shape index (κ3) is 3.00. The number of halogens is 3. The molecule has 0 saturated heterocycles. The highest BCUT2D eigenvalue weighted by Gasteiger charge is 2.37. The van der Waals surface area contributed by atoms with Crippen molar-refractivity contribution in [2.24, 2.45) is 0 Å². The topological polar surface area (TPSA) is 98.6 Å². The summed E-state index contributed by atoms with van der Waals surface area (Å²) >= 11 is 0. The van der Waals surface area contributed by atoms with Crippen molar-refractivity contribution in [2.75, 3.05) is 19.4 Å². The molecule has 1 aromatic carbocycles. The average molecular weight is 442 g/mol. The van der Waals surface area contributed by atoms with Gasteiger partial charge in [0.25, 0.3) is 5.91 Å². The fraction of sp³-hybridized carbons (Fsp3) is 0.238. The Labute approximate surface area is 179 Å². The Morgan fingerprint density at radius 1 is 1.22 bits per heavy atom. The fourth-order valence-electron chi connectivity index (χ4n) is 3.94.